The molecule has 166 valence electrons. The molecule has 0 aliphatic carbocycles. The highest BCUT2D eigenvalue weighted by Gasteiger charge is 2.35. The van der Waals surface area contributed by atoms with Gasteiger partial charge in [-0.25, -0.2) is 8.42 Å². The lowest BCUT2D eigenvalue weighted by Gasteiger charge is -2.32. The molecular weight excluding hydrogens is 406 g/mol. The Hall–Kier alpha value is -2.13. The van der Waals surface area contributed by atoms with Crippen molar-refractivity contribution in [3.63, 3.8) is 0 Å². The van der Waals surface area contributed by atoms with Crippen molar-refractivity contribution < 1.29 is 22.7 Å². The molecular formula is C21H31N3O5S. The van der Waals surface area contributed by atoms with Crippen molar-refractivity contribution >= 4 is 27.5 Å². The van der Waals surface area contributed by atoms with Crippen molar-refractivity contribution in [1.29, 1.82) is 0 Å². The first-order valence-corrected chi connectivity index (χ1v) is 11.9. The fourth-order valence-electron chi connectivity index (χ4n) is 3.76. The first-order chi connectivity index (χ1) is 14.1. The minimum Gasteiger partial charge on any atom is -0.479 e. The first kappa shape index (κ1) is 22.6. The highest BCUT2D eigenvalue weighted by molar-refractivity contribution is 7.89. The number of carbonyl (C=O) groups is 2. The molecule has 0 unspecified atom stereocenters. The largest absolute Gasteiger partial charge is 0.479 e. The first-order valence-electron chi connectivity index (χ1n) is 10.5. The van der Waals surface area contributed by atoms with E-state index in [1.165, 1.54) is 10.4 Å². The van der Waals surface area contributed by atoms with Crippen molar-refractivity contribution in [2.75, 3.05) is 25.0 Å². The molecule has 9 heteroatoms. The lowest BCUT2D eigenvalue weighted by Crippen LogP contribution is -2.45. The standard InChI is InChI=1S/C21H31N3O5S/c1-13(2)7-8-22-21(26)16-6-5-9-24(12-16)30(27,28)19-11-18-17(10-14(19)3)23-20(25)15(4)29-18/h10-11,13,15-16H,5-9,12H2,1-4H3,(H,22,26)(H,23,25)/t15-,16-/m0/s1. The SMILES string of the molecule is Cc1cc2c(cc1S(=O)(=O)N1CCC[C@H](C(=O)NCCC(C)C)C1)O[C@@H](C)C(=O)N2. The predicted octanol–water partition coefficient (Wildman–Crippen LogP) is 2.28. The number of sulfonamides is 1. The Morgan fingerprint density at radius 3 is 2.80 bits per heavy atom. The zero-order chi connectivity index (χ0) is 22.1. The highest BCUT2D eigenvalue weighted by Crippen LogP contribution is 2.36. The van der Waals surface area contributed by atoms with Gasteiger partial charge in [-0.15, -0.1) is 0 Å². The molecule has 0 spiro atoms. The Balaban J connectivity index is 1.77. The molecule has 1 aromatic carbocycles. The van der Waals surface area contributed by atoms with Crippen molar-refractivity contribution in [3.05, 3.63) is 17.7 Å². The van der Waals surface area contributed by atoms with E-state index in [9.17, 15) is 18.0 Å². The molecule has 30 heavy (non-hydrogen) atoms. The summed E-state index contributed by atoms with van der Waals surface area (Å²) in [4.78, 5) is 24.5. The van der Waals surface area contributed by atoms with Crippen LogP contribution in [-0.2, 0) is 19.6 Å². The van der Waals surface area contributed by atoms with E-state index in [-0.39, 0.29) is 29.2 Å². The van der Waals surface area contributed by atoms with E-state index >= 15 is 0 Å². The van der Waals surface area contributed by atoms with Gasteiger partial charge >= 0.3 is 0 Å². The Bertz CT molecular complexity index is 929. The van der Waals surface area contributed by atoms with Crippen molar-refractivity contribution in [2.45, 2.75) is 58.0 Å². The van der Waals surface area contributed by atoms with Crippen LogP contribution in [-0.4, -0.2) is 50.3 Å². The molecule has 2 atom stereocenters. The molecule has 0 radical (unpaired) electrons. The average molecular weight is 438 g/mol. The molecule has 0 saturated carbocycles. The zero-order valence-electron chi connectivity index (χ0n) is 18.0. The maximum Gasteiger partial charge on any atom is 0.265 e. The molecule has 2 aliphatic heterocycles. The van der Waals surface area contributed by atoms with Gasteiger partial charge in [-0.05, 0) is 50.7 Å². The van der Waals surface area contributed by atoms with E-state index in [0.29, 0.717) is 48.8 Å². The quantitative estimate of drug-likeness (QED) is 0.710. The lowest BCUT2D eigenvalue weighted by molar-refractivity contribution is -0.126. The maximum atomic E-state index is 13.4. The number of rotatable bonds is 6. The summed E-state index contributed by atoms with van der Waals surface area (Å²) in [5, 5.41) is 5.67. The Labute approximate surface area is 178 Å². The van der Waals surface area contributed by atoms with E-state index in [0.717, 1.165) is 6.42 Å². The van der Waals surface area contributed by atoms with E-state index in [4.69, 9.17) is 4.74 Å². The van der Waals surface area contributed by atoms with Gasteiger partial charge in [-0.3, -0.25) is 9.59 Å². The zero-order valence-corrected chi connectivity index (χ0v) is 18.8. The van der Waals surface area contributed by atoms with Gasteiger partial charge in [0.05, 0.1) is 16.5 Å². The van der Waals surface area contributed by atoms with Crippen LogP contribution in [0.2, 0.25) is 0 Å². The number of piperidine rings is 1. The topological polar surface area (TPSA) is 105 Å². The third kappa shape index (κ3) is 4.78. The van der Waals surface area contributed by atoms with Crippen LogP contribution < -0.4 is 15.4 Å². The van der Waals surface area contributed by atoms with Gasteiger partial charge in [-0.1, -0.05) is 13.8 Å². The number of aryl methyl sites for hydroxylation is 1. The molecule has 2 N–H and O–H groups in total. The monoisotopic (exact) mass is 437 g/mol. The number of amides is 2. The molecule has 1 saturated heterocycles. The molecule has 1 aromatic rings. The fourth-order valence-corrected chi connectivity index (χ4v) is 5.51. The minimum atomic E-state index is -3.80. The van der Waals surface area contributed by atoms with Crippen LogP contribution in [0.5, 0.6) is 5.75 Å². The molecule has 2 aliphatic rings. The second-order valence-electron chi connectivity index (χ2n) is 8.54. The van der Waals surface area contributed by atoms with E-state index in [1.807, 2.05) is 0 Å². The highest BCUT2D eigenvalue weighted by atomic mass is 32.2. The molecule has 0 aromatic heterocycles. The maximum absolute atomic E-state index is 13.4. The van der Waals surface area contributed by atoms with Crippen molar-refractivity contribution in [3.8, 4) is 5.75 Å². The number of nitrogens with zero attached hydrogens (tertiary/aromatic N) is 1. The summed E-state index contributed by atoms with van der Waals surface area (Å²) in [7, 11) is -3.80. The lowest BCUT2D eigenvalue weighted by atomic mass is 9.98. The number of hydrogen-bond donors (Lipinski definition) is 2. The number of anilines is 1. The summed E-state index contributed by atoms with van der Waals surface area (Å²) < 4.78 is 33.7. The van der Waals surface area contributed by atoms with Crippen LogP contribution >= 0.6 is 0 Å². The molecule has 0 bridgehead atoms. The van der Waals surface area contributed by atoms with E-state index in [1.54, 1.807) is 19.9 Å². The molecule has 1 fully saturated rings. The van der Waals surface area contributed by atoms with Gasteiger partial charge in [0.25, 0.3) is 5.91 Å². The van der Waals surface area contributed by atoms with Crippen LogP contribution in [0.1, 0.15) is 45.6 Å². The number of fused-ring (bicyclic) bond motifs is 1. The van der Waals surface area contributed by atoms with Gasteiger partial charge in [0, 0.05) is 25.7 Å². The second kappa shape index (κ2) is 8.93. The smallest absolute Gasteiger partial charge is 0.265 e. The van der Waals surface area contributed by atoms with E-state index in [2.05, 4.69) is 24.5 Å². The third-order valence-corrected chi connectivity index (χ3v) is 7.61. The van der Waals surface area contributed by atoms with Crippen molar-refractivity contribution in [2.24, 2.45) is 11.8 Å². The van der Waals surface area contributed by atoms with Crippen molar-refractivity contribution in [1.82, 2.24) is 9.62 Å². The van der Waals surface area contributed by atoms with Gasteiger partial charge < -0.3 is 15.4 Å². The normalized spacial score (nSPS) is 22.2. The average Bonchev–Trinajstić information content (AvgIpc) is 2.68. The van der Waals surface area contributed by atoms with Gasteiger partial charge in [-0.2, -0.15) is 4.31 Å². The molecule has 2 heterocycles. The fraction of sp³-hybridized carbons (Fsp3) is 0.619. The summed E-state index contributed by atoms with van der Waals surface area (Å²) >= 11 is 0. The number of ether oxygens (including phenoxy) is 1. The van der Waals surface area contributed by atoms with Crippen LogP contribution in [0.25, 0.3) is 0 Å². The van der Waals surface area contributed by atoms with Crippen LogP contribution in [0.15, 0.2) is 17.0 Å². The summed E-state index contributed by atoms with van der Waals surface area (Å²) in [5.74, 6) is 0.133. The van der Waals surface area contributed by atoms with E-state index < -0.39 is 16.1 Å². The predicted molar refractivity (Wildman–Crippen MR) is 114 cm³/mol. The number of carbonyl (C=O) groups excluding carboxylic acids is 2. The number of nitrogens with one attached hydrogen (secondary N) is 2. The van der Waals surface area contributed by atoms with Crippen LogP contribution in [0.4, 0.5) is 5.69 Å². The van der Waals surface area contributed by atoms with Crippen LogP contribution in [0.3, 0.4) is 0 Å². The number of hydrogen-bond acceptors (Lipinski definition) is 5. The summed E-state index contributed by atoms with van der Waals surface area (Å²) in [6.07, 6.45) is 1.51. The molecule has 8 nitrogen and oxygen atoms in total. The van der Waals surface area contributed by atoms with Gasteiger partial charge in [0.15, 0.2) is 6.10 Å². The Morgan fingerprint density at radius 1 is 1.37 bits per heavy atom. The van der Waals surface area contributed by atoms with Gasteiger partial charge in [0.2, 0.25) is 15.9 Å². The van der Waals surface area contributed by atoms with Crippen LogP contribution in [0, 0.1) is 18.8 Å². The second-order valence-corrected chi connectivity index (χ2v) is 10.4. The summed E-state index contributed by atoms with van der Waals surface area (Å²) in [5.41, 5.74) is 0.992. The summed E-state index contributed by atoms with van der Waals surface area (Å²) in [6, 6.07) is 3.09. The Kier molecular flexibility index (Phi) is 6.71. The molecule has 3 rings (SSSR count). The summed E-state index contributed by atoms with van der Waals surface area (Å²) in [6.45, 7) is 8.64. The molecule has 2 amide bonds. The Morgan fingerprint density at radius 2 is 2.10 bits per heavy atom. The third-order valence-electron chi connectivity index (χ3n) is 5.60. The minimum absolute atomic E-state index is 0.0856. The van der Waals surface area contributed by atoms with Gasteiger partial charge in [0.1, 0.15) is 5.75 Å². The number of benzene rings is 1.